The zero-order chi connectivity index (χ0) is 17.8. The van der Waals surface area contributed by atoms with Gasteiger partial charge < -0.3 is 10.6 Å². The number of sulfonamides is 1. The quantitative estimate of drug-likeness (QED) is 0.331. The van der Waals surface area contributed by atoms with Gasteiger partial charge in [-0.2, -0.15) is 0 Å². The van der Waals surface area contributed by atoms with Crippen molar-refractivity contribution in [2.45, 2.75) is 26.7 Å². The summed E-state index contributed by atoms with van der Waals surface area (Å²) in [4.78, 5) is 4.44. The molecule has 0 unspecified atom stereocenters. The normalized spacial score (nSPS) is 12.2. The number of rotatable bonds is 10. The summed E-state index contributed by atoms with van der Waals surface area (Å²) in [5.74, 6) is 0.843. The minimum atomic E-state index is -3.12. The molecule has 0 aliphatic carbocycles. The molecule has 1 aromatic rings. The lowest BCUT2D eigenvalue weighted by Crippen LogP contribution is -2.38. The average molecular weight is 375 g/mol. The van der Waals surface area contributed by atoms with Gasteiger partial charge in [0.05, 0.1) is 5.75 Å². The molecule has 0 fully saturated rings. The van der Waals surface area contributed by atoms with Crippen molar-refractivity contribution in [3.8, 4) is 0 Å². The molecule has 136 valence electrons. The van der Waals surface area contributed by atoms with Gasteiger partial charge in [0.15, 0.2) is 5.96 Å². The standard InChI is InChI=1S/C16H27ClN4O2S/c1-3-18-16(19-11-5-12-21-24(22,23)4-2)20-13-10-14-6-8-15(17)9-7-14/h6-9,21H,3-5,10-13H2,1-2H3,(H2,18,19,20). The Kier molecular flexibility index (Phi) is 9.75. The van der Waals surface area contributed by atoms with Gasteiger partial charge in [-0.05, 0) is 44.4 Å². The molecule has 0 bridgehead atoms. The molecule has 3 N–H and O–H groups in total. The van der Waals surface area contributed by atoms with Gasteiger partial charge >= 0.3 is 0 Å². The first-order valence-corrected chi connectivity index (χ1v) is 10.2. The van der Waals surface area contributed by atoms with E-state index in [2.05, 4.69) is 20.3 Å². The predicted octanol–water partition coefficient (Wildman–Crippen LogP) is 1.77. The summed E-state index contributed by atoms with van der Waals surface area (Å²) in [7, 11) is -3.12. The predicted molar refractivity (Wildman–Crippen MR) is 101 cm³/mol. The molecule has 0 aliphatic rings. The zero-order valence-electron chi connectivity index (χ0n) is 14.3. The second-order valence-corrected chi connectivity index (χ2v) is 7.75. The van der Waals surface area contributed by atoms with Gasteiger partial charge in [0.1, 0.15) is 0 Å². The molecular formula is C16H27ClN4O2S. The van der Waals surface area contributed by atoms with E-state index in [-0.39, 0.29) is 5.75 Å². The molecule has 0 aromatic heterocycles. The molecule has 6 nitrogen and oxygen atoms in total. The van der Waals surface area contributed by atoms with Gasteiger partial charge in [-0.1, -0.05) is 23.7 Å². The number of hydrogen-bond acceptors (Lipinski definition) is 3. The Morgan fingerprint density at radius 3 is 2.46 bits per heavy atom. The van der Waals surface area contributed by atoms with E-state index in [0.29, 0.717) is 19.5 Å². The number of benzene rings is 1. The highest BCUT2D eigenvalue weighted by atomic mass is 35.5. The fraction of sp³-hybridized carbons (Fsp3) is 0.562. The summed E-state index contributed by atoms with van der Waals surface area (Å²) >= 11 is 5.87. The van der Waals surface area contributed by atoms with Crippen LogP contribution in [0.5, 0.6) is 0 Å². The van der Waals surface area contributed by atoms with Gasteiger partial charge in [-0.15, -0.1) is 0 Å². The largest absolute Gasteiger partial charge is 0.357 e. The lowest BCUT2D eigenvalue weighted by Gasteiger charge is -2.11. The molecule has 0 spiro atoms. The monoisotopic (exact) mass is 374 g/mol. The van der Waals surface area contributed by atoms with Crippen LogP contribution in [0.2, 0.25) is 5.02 Å². The van der Waals surface area contributed by atoms with Gasteiger partial charge in [0.25, 0.3) is 0 Å². The summed E-state index contributed by atoms with van der Waals surface area (Å²) in [5, 5.41) is 7.18. The van der Waals surface area contributed by atoms with Crippen LogP contribution < -0.4 is 15.4 Å². The van der Waals surface area contributed by atoms with Crippen molar-refractivity contribution in [2.24, 2.45) is 4.99 Å². The molecule has 0 heterocycles. The summed E-state index contributed by atoms with van der Waals surface area (Å²) in [6, 6.07) is 7.78. The van der Waals surface area contributed by atoms with Gasteiger partial charge in [-0.3, -0.25) is 4.99 Å². The first-order valence-electron chi connectivity index (χ1n) is 8.20. The molecule has 0 amide bonds. The highest BCUT2D eigenvalue weighted by Crippen LogP contribution is 2.09. The number of halogens is 1. The molecule has 0 aliphatic heterocycles. The van der Waals surface area contributed by atoms with Crippen LogP contribution in [0, 0.1) is 0 Å². The van der Waals surface area contributed by atoms with Crippen molar-refractivity contribution < 1.29 is 8.42 Å². The Labute approximate surface area is 150 Å². The van der Waals surface area contributed by atoms with Gasteiger partial charge in [0, 0.05) is 31.2 Å². The highest BCUT2D eigenvalue weighted by Gasteiger charge is 2.04. The zero-order valence-corrected chi connectivity index (χ0v) is 15.9. The van der Waals surface area contributed by atoms with Crippen LogP contribution in [0.25, 0.3) is 0 Å². The molecule has 8 heteroatoms. The van der Waals surface area contributed by atoms with Crippen molar-refractivity contribution in [3.05, 3.63) is 34.9 Å². The molecule has 0 radical (unpaired) electrons. The van der Waals surface area contributed by atoms with Crippen LogP contribution in [0.15, 0.2) is 29.3 Å². The van der Waals surface area contributed by atoms with E-state index in [1.807, 2.05) is 31.2 Å². The van der Waals surface area contributed by atoms with E-state index in [0.717, 1.165) is 30.5 Å². The van der Waals surface area contributed by atoms with Crippen LogP contribution in [0.1, 0.15) is 25.8 Å². The third-order valence-corrected chi connectivity index (χ3v) is 4.93. The Balaban J connectivity index is 2.32. The molecular weight excluding hydrogens is 348 g/mol. The van der Waals surface area contributed by atoms with Crippen molar-refractivity contribution in [1.29, 1.82) is 0 Å². The van der Waals surface area contributed by atoms with Crippen molar-refractivity contribution >= 4 is 27.6 Å². The fourth-order valence-corrected chi connectivity index (χ4v) is 2.70. The van der Waals surface area contributed by atoms with E-state index in [1.54, 1.807) is 6.92 Å². The van der Waals surface area contributed by atoms with Crippen LogP contribution in [-0.2, 0) is 16.4 Å². The number of nitrogens with zero attached hydrogens (tertiary/aromatic N) is 1. The van der Waals surface area contributed by atoms with Crippen molar-refractivity contribution in [2.75, 3.05) is 31.9 Å². The van der Waals surface area contributed by atoms with E-state index in [9.17, 15) is 8.42 Å². The van der Waals surface area contributed by atoms with Crippen LogP contribution in [-0.4, -0.2) is 46.3 Å². The molecule has 1 rings (SSSR count). The third kappa shape index (κ3) is 9.10. The average Bonchev–Trinajstić information content (AvgIpc) is 2.56. The maximum absolute atomic E-state index is 11.3. The molecule has 1 aromatic carbocycles. The molecule has 0 atom stereocenters. The third-order valence-electron chi connectivity index (χ3n) is 3.27. The van der Waals surface area contributed by atoms with E-state index in [1.165, 1.54) is 5.56 Å². The number of nitrogens with one attached hydrogen (secondary N) is 3. The molecule has 0 saturated heterocycles. The second-order valence-electron chi connectivity index (χ2n) is 5.22. The topological polar surface area (TPSA) is 82.6 Å². The van der Waals surface area contributed by atoms with Crippen molar-refractivity contribution in [3.63, 3.8) is 0 Å². The first-order chi connectivity index (χ1) is 11.5. The van der Waals surface area contributed by atoms with Crippen LogP contribution >= 0.6 is 11.6 Å². The lowest BCUT2D eigenvalue weighted by atomic mass is 10.1. The maximum Gasteiger partial charge on any atom is 0.211 e. The van der Waals surface area contributed by atoms with Crippen LogP contribution in [0.4, 0.5) is 0 Å². The van der Waals surface area contributed by atoms with Gasteiger partial charge in [-0.25, -0.2) is 13.1 Å². The Hall–Kier alpha value is -1.31. The first kappa shape index (κ1) is 20.7. The summed E-state index contributed by atoms with van der Waals surface area (Å²) in [5.41, 5.74) is 1.21. The summed E-state index contributed by atoms with van der Waals surface area (Å²) in [6.45, 7) is 6.12. The van der Waals surface area contributed by atoms with Crippen molar-refractivity contribution in [1.82, 2.24) is 15.4 Å². The Morgan fingerprint density at radius 2 is 1.83 bits per heavy atom. The summed E-state index contributed by atoms with van der Waals surface area (Å²) < 4.78 is 25.2. The SMILES string of the molecule is CCNC(=NCCCNS(=O)(=O)CC)NCCc1ccc(Cl)cc1. The minimum Gasteiger partial charge on any atom is -0.357 e. The van der Waals surface area contributed by atoms with E-state index < -0.39 is 10.0 Å². The van der Waals surface area contributed by atoms with Gasteiger partial charge in [0.2, 0.25) is 10.0 Å². The summed E-state index contributed by atoms with van der Waals surface area (Å²) in [6.07, 6.45) is 1.53. The number of hydrogen-bond donors (Lipinski definition) is 3. The number of guanidine groups is 1. The highest BCUT2D eigenvalue weighted by molar-refractivity contribution is 7.89. The fourth-order valence-electron chi connectivity index (χ4n) is 1.92. The molecule has 0 saturated carbocycles. The lowest BCUT2D eigenvalue weighted by molar-refractivity contribution is 0.581. The minimum absolute atomic E-state index is 0.102. The van der Waals surface area contributed by atoms with E-state index in [4.69, 9.17) is 11.6 Å². The Morgan fingerprint density at radius 1 is 1.12 bits per heavy atom. The second kappa shape index (κ2) is 11.3. The maximum atomic E-state index is 11.3. The molecule has 24 heavy (non-hydrogen) atoms. The Bertz CT molecular complexity index is 603. The number of aliphatic imine (C=N–C) groups is 1. The van der Waals surface area contributed by atoms with E-state index >= 15 is 0 Å². The van der Waals surface area contributed by atoms with Crippen LogP contribution in [0.3, 0.4) is 0 Å². The smallest absolute Gasteiger partial charge is 0.211 e.